The molecule has 16 heteroatoms. The Hall–Kier alpha value is -3.07. The molecule has 2 heterocycles. The van der Waals surface area contributed by atoms with Crippen LogP contribution in [0.2, 0.25) is 10.0 Å². The minimum Gasteiger partial charge on any atom is -0.444 e. The number of ether oxygens (including phenoxy) is 2. The number of hydrogen-bond acceptors (Lipinski definition) is 8. The highest BCUT2D eigenvalue weighted by Crippen LogP contribution is 2.37. The van der Waals surface area contributed by atoms with E-state index in [1.807, 2.05) is 4.90 Å². The van der Waals surface area contributed by atoms with Crippen LogP contribution in [0.4, 0.5) is 18.0 Å². The van der Waals surface area contributed by atoms with Gasteiger partial charge in [-0.3, -0.25) is 14.3 Å². The van der Waals surface area contributed by atoms with Crippen molar-refractivity contribution in [1.29, 1.82) is 0 Å². The summed E-state index contributed by atoms with van der Waals surface area (Å²) in [5.74, 6) is -0.827. The van der Waals surface area contributed by atoms with Crippen molar-refractivity contribution in [2.24, 2.45) is 5.92 Å². The van der Waals surface area contributed by atoms with Gasteiger partial charge in [0, 0.05) is 30.2 Å². The molecule has 0 aliphatic carbocycles. The number of carbonyl (C=O) groups is 1. The average Bonchev–Trinajstić information content (AvgIpc) is 3.37. The van der Waals surface area contributed by atoms with Gasteiger partial charge in [-0.25, -0.2) is 18.2 Å². The number of halogens is 5. The minimum absolute atomic E-state index is 0.00180. The Morgan fingerprint density at radius 1 is 1.16 bits per heavy atom. The molecule has 10 nitrogen and oxygen atoms in total. The maximum absolute atomic E-state index is 13.5. The van der Waals surface area contributed by atoms with Crippen molar-refractivity contribution in [3.63, 3.8) is 0 Å². The zero-order chi connectivity index (χ0) is 33.3. The van der Waals surface area contributed by atoms with E-state index in [1.165, 1.54) is 25.1 Å². The number of sulfone groups is 1. The fourth-order valence-electron chi connectivity index (χ4n) is 5.06. The summed E-state index contributed by atoms with van der Waals surface area (Å²) in [5.41, 5.74) is -1.23. The number of aromatic nitrogens is 2. The molecule has 1 amide bonds. The van der Waals surface area contributed by atoms with Crippen LogP contribution in [-0.4, -0.2) is 66.3 Å². The molecule has 0 bridgehead atoms. The number of hydrogen-bond donors (Lipinski definition) is 1. The second kappa shape index (κ2) is 13.3. The second-order valence-electron chi connectivity index (χ2n) is 11.7. The molecule has 3 aromatic rings. The Kier molecular flexibility index (Phi) is 10.3. The highest BCUT2D eigenvalue weighted by molar-refractivity contribution is 7.91. The van der Waals surface area contributed by atoms with Gasteiger partial charge in [0.1, 0.15) is 11.4 Å². The zero-order valence-electron chi connectivity index (χ0n) is 25.0. The third kappa shape index (κ3) is 8.81. The average molecular weight is 694 g/mol. The summed E-state index contributed by atoms with van der Waals surface area (Å²) in [6.45, 7) is 7.70. The number of nitrogens with one attached hydrogen (secondary N) is 1. The number of carbonyl (C=O) groups excluding carboxylic acids is 1. The van der Waals surface area contributed by atoms with E-state index in [0.29, 0.717) is 26.1 Å². The summed E-state index contributed by atoms with van der Waals surface area (Å²) in [6.07, 6.45) is -3.82. The Labute approximate surface area is 268 Å². The normalized spacial score (nSPS) is 16.2. The smallest absolute Gasteiger partial charge is 0.444 e. The number of likely N-dealkylation sites (tertiary alicyclic amines) is 1. The molecule has 1 aliphatic rings. The van der Waals surface area contributed by atoms with Gasteiger partial charge in [-0.2, -0.15) is 0 Å². The van der Waals surface area contributed by atoms with E-state index in [4.69, 9.17) is 27.9 Å². The summed E-state index contributed by atoms with van der Waals surface area (Å²) in [5, 5.41) is 2.53. The van der Waals surface area contributed by atoms with Crippen molar-refractivity contribution in [1.82, 2.24) is 19.8 Å². The highest BCUT2D eigenvalue weighted by Gasteiger charge is 2.34. The van der Waals surface area contributed by atoms with Gasteiger partial charge in [0.05, 0.1) is 39.4 Å². The summed E-state index contributed by atoms with van der Waals surface area (Å²) < 4.78 is 76.5. The van der Waals surface area contributed by atoms with Crippen LogP contribution >= 0.6 is 23.2 Å². The second-order valence-corrected chi connectivity index (χ2v) is 14.8. The molecule has 246 valence electrons. The van der Waals surface area contributed by atoms with Gasteiger partial charge in [0.2, 0.25) is 0 Å². The molecule has 1 N–H and O–H groups in total. The van der Waals surface area contributed by atoms with Crippen molar-refractivity contribution in [2.75, 3.05) is 25.4 Å². The summed E-state index contributed by atoms with van der Waals surface area (Å²) in [6, 6.07) is 5.11. The van der Waals surface area contributed by atoms with E-state index in [0.717, 1.165) is 17.0 Å². The Balaban J connectivity index is 1.64. The van der Waals surface area contributed by atoms with Gasteiger partial charge in [-0.05, 0) is 69.5 Å². The fraction of sp³-hybridized carbons (Fsp3) is 0.483. The first-order chi connectivity index (χ1) is 20.9. The maximum Gasteiger partial charge on any atom is 0.573 e. The molecule has 1 aliphatic heterocycles. The minimum atomic E-state index is -5.08. The zero-order valence-corrected chi connectivity index (χ0v) is 27.3. The van der Waals surface area contributed by atoms with Crippen LogP contribution in [-0.2, 0) is 27.7 Å². The predicted octanol–water partition coefficient (Wildman–Crippen LogP) is 5.79. The van der Waals surface area contributed by atoms with E-state index < -0.39 is 39.2 Å². The SMILES string of the molecule is CCS(=O)(=O)c1ccc(Cl)cc1Cn1cnc2c(Cl)c(CN3CC[C@@H](CNC(=O)OC(C)(C)C)C3)c(OC(F)(F)F)cc2c1=O. The Morgan fingerprint density at radius 3 is 2.51 bits per heavy atom. The number of alkyl carbamates (subject to hydrolysis) is 1. The lowest BCUT2D eigenvalue weighted by atomic mass is 10.1. The lowest BCUT2D eigenvalue weighted by Crippen LogP contribution is -2.36. The number of nitrogens with zero attached hydrogens (tertiary/aromatic N) is 3. The Morgan fingerprint density at radius 2 is 1.87 bits per heavy atom. The van der Waals surface area contributed by atoms with E-state index in [1.54, 1.807) is 20.8 Å². The van der Waals surface area contributed by atoms with Crippen molar-refractivity contribution in [3.8, 4) is 5.75 Å². The van der Waals surface area contributed by atoms with E-state index in [9.17, 15) is 31.2 Å². The lowest BCUT2D eigenvalue weighted by Gasteiger charge is -2.22. The molecule has 1 aromatic heterocycles. The van der Waals surface area contributed by atoms with Gasteiger partial charge in [-0.1, -0.05) is 30.1 Å². The van der Waals surface area contributed by atoms with E-state index in [-0.39, 0.29) is 61.7 Å². The van der Waals surface area contributed by atoms with Crippen molar-refractivity contribution < 1.29 is 35.9 Å². The molecule has 0 spiro atoms. The molecular formula is C29H33Cl2F3N4O6S. The molecule has 2 aromatic carbocycles. The molecule has 1 saturated heterocycles. The van der Waals surface area contributed by atoms with Crippen LogP contribution in [0.25, 0.3) is 10.9 Å². The first-order valence-electron chi connectivity index (χ1n) is 14.0. The van der Waals surface area contributed by atoms with Crippen molar-refractivity contribution >= 4 is 50.0 Å². The largest absolute Gasteiger partial charge is 0.573 e. The first kappa shape index (κ1) is 34.8. The van der Waals surface area contributed by atoms with Crippen molar-refractivity contribution in [2.45, 2.75) is 64.1 Å². The quantitative estimate of drug-likeness (QED) is 0.299. The molecule has 0 saturated carbocycles. The number of alkyl halides is 3. The van der Waals surface area contributed by atoms with Gasteiger partial charge in [0.15, 0.2) is 9.84 Å². The third-order valence-corrected chi connectivity index (χ3v) is 9.58. The van der Waals surface area contributed by atoms with Gasteiger partial charge in [0.25, 0.3) is 5.56 Å². The molecule has 1 atom stereocenters. The van der Waals surface area contributed by atoms with Gasteiger partial charge in [-0.15, -0.1) is 13.2 Å². The Bertz CT molecular complexity index is 1760. The number of benzene rings is 2. The molecule has 4 rings (SSSR count). The number of fused-ring (bicyclic) bond motifs is 1. The number of rotatable bonds is 9. The summed E-state index contributed by atoms with van der Waals surface area (Å²) >= 11 is 12.7. The fourth-order valence-corrected chi connectivity index (χ4v) is 6.67. The van der Waals surface area contributed by atoms with Crippen molar-refractivity contribution in [3.05, 3.63) is 62.1 Å². The lowest BCUT2D eigenvalue weighted by molar-refractivity contribution is -0.274. The summed E-state index contributed by atoms with van der Waals surface area (Å²) in [4.78, 5) is 31.7. The predicted molar refractivity (Wildman–Crippen MR) is 164 cm³/mol. The maximum atomic E-state index is 13.5. The van der Waals surface area contributed by atoms with Gasteiger partial charge >= 0.3 is 12.5 Å². The molecule has 45 heavy (non-hydrogen) atoms. The standard InChI is InChI=1S/C29H33Cl2F3N4O6S/c1-5-45(41,42)23-7-6-19(30)10-18(23)14-38-16-36-25-20(26(38)39)11-22(43-29(32,33)34)21(24(25)31)15-37-9-8-17(13-37)12-35-27(40)44-28(2,3)4/h6-7,10-11,16-17H,5,8-9,12-15H2,1-4H3,(H,35,40)/t17-/m0/s1. The van der Waals surface area contributed by atoms with Crippen LogP contribution in [0.3, 0.4) is 0 Å². The molecular weight excluding hydrogens is 660 g/mol. The first-order valence-corrected chi connectivity index (χ1v) is 16.4. The summed E-state index contributed by atoms with van der Waals surface area (Å²) in [7, 11) is -3.68. The highest BCUT2D eigenvalue weighted by atomic mass is 35.5. The van der Waals surface area contributed by atoms with Crippen LogP contribution in [0.15, 0.2) is 40.3 Å². The third-order valence-electron chi connectivity index (χ3n) is 7.11. The van der Waals surface area contributed by atoms with Crippen LogP contribution < -0.4 is 15.6 Å². The van der Waals surface area contributed by atoms with E-state index >= 15 is 0 Å². The number of amides is 1. The molecule has 0 unspecified atom stereocenters. The van der Waals surface area contributed by atoms with Crippen LogP contribution in [0.5, 0.6) is 5.75 Å². The van der Waals surface area contributed by atoms with E-state index in [2.05, 4.69) is 15.0 Å². The van der Waals surface area contributed by atoms with Crippen LogP contribution in [0, 0.1) is 5.92 Å². The van der Waals surface area contributed by atoms with Gasteiger partial charge < -0.3 is 14.8 Å². The van der Waals surface area contributed by atoms with Crippen LogP contribution in [0.1, 0.15) is 45.2 Å². The molecule has 0 radical (unpaired) electrons. The topological polar surface area (TPSA) is 120 Å². The monoisotopic (exact) mass is 692 g/mol. The molecule has 1 fully saturated rings.